The van der Waals surface area contributed by atoms with E-state index in [1.165, 1.54) is 5.56 Å². The molecule has 80 valence electrons. The summed E-state index contributed by atoms with van der Waals surface area (Å²) in [6.07, 6.45) is 0.252. The minimum absolute atomic E-state index is 0.417. The van der Waals surface area contributed by atoms with Crippen LogP contribution >= 0.6 is 0 Å². The average Bonchev–Trinajstić information content (AvgIpc) is 2.62. The Bertz CT molecular complexity index is 399. The third-order valence-electron chi connectivity index (χ3n) is 2.66. The number of hydrogen-bond acceptors (Lipinski definition) is 3. The molecule has 15 heavy (non-hydrogen) atoms. The molecule has 1 aromatic carbocycles. The van der Waals surface area contributed by atoms with Crippen LogP contribution < -0.4 is 10.1 Å². The van der Waals surface area contributed by atoms with Crippen molar-refractivity contribution >= 4 is 12.0 Å². The Morgan fingerprint density at radius 1 is 1.47 bits per heavy atom. The first kappa shape index (κ1) is 10.0. The summed E-state index contributed by atoms with van der Waals surface area (Å²) in [5.41, 5.74) is 3.23. The summed E-state index contributed by atoms with van der Waals surface area (Å²) in [7, 11) is 0. The molecule has 1 aliphatic heterocycles. The van der Waals surface area contributed by atoms with Crippen molar-refractivity contribution in [1.82, 2.24) is 0 Å². The van der Waals surface area contributed by atoms with Crippen molar-refractivity contribution in [1.29, 1.82) is 0 Å². The number of carbonyl (C=O) groups is 1. The fraction of sp³-hybridized carbons (Fsp3) is 0.417. The van der Waals surface area contributed by atoms with Crippen LogP contribution in [-0.2, 0) is 4.79 Å². The summed E-state index contributed by atoms with van der Waals surface area (Å²) >= 11 is 0. The fourth-order valence-electron chi connectivity index (χ4n) is 1.84. The zero-order valence-electron chi connectivity index (χ0n) is 9.20. The molecular weight excluding hydrogens is 190 g/mol. The maximum absolute atomic E-state index is 10.7. The minimum atomic E-state index is -0.529. The second-order valence-electron chi connectivity index (χ2n) is 4.15. The molecule has 1 aromatic rings. The maximum Gasteiger partial charge on any atom is 0.226 e. The number of carbonyl (C=O) groups excluding carboxylic acids is 1. The topological polar surface area (TPSA) is 38.3 Å². The predicted molar refractivity (Wildman–Crippen MR) is 59.4 cm³/mol. The zero-order chi connectivity index (χ0) is 11.0. The van der Waals surface area contributed by atoms with Crippen LogP contribution in [0.3, 0.4) is 0 Å². The average molecular weight is 205 g/mol. The smallest absolute Gasteiger partial charge is 0.226 e. The normalized spacial score (nSPS) is 18.3. The fourth-order valence-corrected chi connectivity index (χ4v) is 1.84. The van der Waals surface area contributed by atoms with Crippen LogP contribution in [0.4, 0.5) is 5.69 Å². The third-order valence-corrected chi connectivity index (χ3v) is 2.66. The molecule has 2 rings (SSSR count). The summed E-state index contributed by atoms with van der Waals surface area (Å²) in [6, 6.07) is 4.12. The quantitative estimate of drug-likeness (QED) is 0.754. The summed E-state index contributed by atoms with van der Waals surface area (Å²) < 4.78 is 5.50. The van der Waals surface area contributed by atoms with Gasteiger partial charge in [0.15, 0.2) is 6.29 Å². The number of aryl methyl sites for hydroxylation is 1. The van der Waals surface area contributed by atoms with Crippen molar-refractivity contribution in [2.45, 2.75) is 32.9 Å². The number of fused-ring (bicyclic) bond motifs is 1. The standard InChI is InChI=1S/C12H15NO2/c1-7(2)9-5-4-8(3)12-11(9)13-10(6-14)15-12/h4-7,10,13H,1-3H3. The lowest BCUT2D eigenvalue weighted by Crippen LogP contribution is -2.21. The second kappa shape index (κ2) is 3.57. The van der Waals surface area contributed by atoms with E-state index in [1.807, 2.05) is 13.0 Å². The number of aldehydes is 1. The van der Waals surface area contributed by atoms with E-state index in [2.05, 4.69) is 25.2 Å². The van der Waals surface area contributed by atoms with Crippen molar-refractivity contribution in [3.05, 3.63) is 23.3 Å². The van der Waals surface area contributed by atoms with Crippen LogP contribution in [0.2, 0.25) is 0 Å². The molecule has 1 atom stereocenters. The van der Waals surface area contributed by atoms with Gasteiger partial charge in [-0.3, -0.25) is 4.79 Å². The van der Waals surface area contributed by atoms with E-state index >= 15 is 0 Å². The lowest BCUT2D eigenvalue weighted by Gasteiger charge is -2.11. The highest BCUT2D eigenvalue weighted by atomic mass is 16.5. The van der Waals surface area contributed by atoms with Gasteiger partial charge in [0.25, 0.3) is 0 Å². The Balaban J connectivity index is 2.49. The molecule has 1 heterocycles. The first-order valence-corrected chi connectivity index (χ1v) is 5.15. The van der Waals surface area contributed by atoms with Gasteiger partial charge in [-0.15, -0.1) is 0 Å². The molecule has 1 N–H and O–H groups in total. The molecule has 1 aliphatic rings. The predicted octanol–water partition coefficient (Wildman–Crippen LogP) is 2.45. The zero-order valence-corrected chi connectivity index (χ0v) is 9.20. The molecule has 0 saturated heterocycles. The Labute approximate surface area is 89.4 Å². The summed E-state index contributed by atoms with van der Waals surface area (Å²) in [5, 5.41) is 3.08. The third kappa shape index (κ3) is 1.58. The highest BCUT2D eigenvalue weighted by Gasteiger charge is 2.26. The van der Waals surface area contributed by atoms with Gasteiger partial charge in [0.1, 0.15) is 5.75 Å². The van der Waals surface area contributed by atoms with Crippen molar-refractivity contribution in [2.24, 2.45) is 0 Å². The Morgan fingerprint density at radius 3 is 2.80 bits per heavy atom. The molecule has 0 spiro atoms. The Hall–Kier alpha value is -1.51. The summed E-state index contributed by atoms with van der Waals surface area (Å²) in [5.74, 6) is 1.24. The van der Waals surface area contributed by atoms with Gasteiger partial charge < -0.3 is 10.1 Å². The van der Waals surface area contributed by atoms with E-state index in [4.69, 9.17) is 4.74 Å². The molecule has 0 amide bonds. The van der Waals surface area contributed by atoms with Gasteiger partial charge in [0, 0.05) is 0 Å². The Kier molecular flexibility index (Phi) is 2.39. The molecule has 3 nitrogen and oxygen atoms in total. The SMILES string of the molecule is Cc1ccc(C(C)C)c2c1OC(C=O)N2. The first-order chi connectivity index (χ1) is 7.13. The lowest BCUT2D eigenvalue weighted by molar-refractivity contribution is -0.112. The van der Waals surface area contributed by atoms with Crippen molar-refractivity contribution in [2.75, 3.05) is 5.32 Å². The van der Waals surface area contributed by atoms with Gasteiger partial charge in [-0.05, 0) is 24.0 Å². The largest absolute Gasteiger partial charge is 0.461 e. The summed E-state index contributed by atoms with van der Waals surface area (Å²) in [6.45, 7) is 6.24. The molecule has 0 radical (unpaired) electrons. The molecule has 0 aliphatic carbocycles. The van der Waals surface area contributed by atoms with Gasteiger partial charge in [0.2, 0.25) is 6.23 Å². The Morgan fingerprint density at radius 2 is 2.20 bits per heavy atom. The molecule has 0 aromatic heterocycles. The molecule has 1 unspecified atom stereocenters. The number of anilines is 1. The second-order valence-corrected chi connectivity index (χ2v) is 4.15. The van der Waals surface area contributed by atoms with Crippen LogP contribution in [-0.4, -0.2) is 12.5 Å². The van der Waals surface area contributed by atoms with Crippen molar-refractivity contribution in [3.8, 4) is 5.75 Å². The van der Waals surface area contributed by atoms with Crippen LogP contribution in [0, 0.1) is 6.92 Å². The number of rotatable bonds is 2. The van der Waals surface area contributed by atoms with Gasteiger partial charge >= 0.3 is 0 Å². The number of hydrogen-bond donors (Lipinski definition) is 1. The molecule has 0 saturated carbocycles. The minimum Gasteiger partial charge on any atom is -0.461 e. The van der Waals surface area contributed by atoms with Crippen molar-refractivity contribution in [3.63, 3.8) is 0 Å². The molecule has 3 heteroatoms. The molecular formula is C12H15NO2. The number of nitrogens with one attached hydrogen (secondary N) is 1. The molecule has 0 fully saturated rings. The summed E-state index contributed by atoms with van der Waals surface area (Å²) in [4.78, 5) is 10.7. The van der Waals surface area contributed by atoms with Gasteiger partial charge in [0.05, 0.1) is 5.69 Å². The maximum atomic E-state index is 10.7. The molecule has 0 bridgehead atoms. The van der Waals surface area contributed by atoms with Crippen LogP contribution in [0.5, 0.6) is 5.75 Å². The van der Waals surface area contributed by atoms with E-state index in [9.17, 15) is 4.79 Å². The number of ether oxygens (including phenoxy) is 1. The van der Waals surface area contributed by atoms with Crippen molar-refractivity contribution < 1.29 is 9.53 Å². The van der Waals surface area contributed by atoms with E-state index in [1.54, 1.807) is 0 Å². The number of benzene rings is 1. The lowest BCUT2D eigenvalue weighted by atomic mass is 9.99. The highest BCUT2D eigenvalue weighted by Crippen LogP contribution is 2.40. The van der Waals surface area contributed by atoms with E-state index in [-0.39, 0.29) is 0 Å². The van der Waals surface area contributed by atoms with Crippen LogP contribution in [0.15, 0.2) is 12.1 Å². The van der Waals surface area contributed by atoms with E-state index in [0.29, 0.717) is 5.92 Å². The van der Waals surface area contributed by atoms with Gasteiger partial charge in [-0.1, -0.05) is 26.0 Å². The monoisotopic (exact) mass is 205 g/mol. The van der Waals surface area contributed by atoms with Crippen LogP contribution in [0.1, 0.15) is 30.9 Å². The van der Waals surface area contributed by atoms with Crippen LogP contribution in [0.25, 0.3) is 0 Å². The van der Waals surface area contributed by atoms with E-state index < -0.39 is 6.23 Å². The van der Waals surface area contributed by atoms with Gasteiger partial charge in [-0.25, -0.2) is 0 Å². The van der Waals surface area contributed by atoms with Gasteiger partial charge in [-0.2, -0.15) is 0 Å². The van der Waals surface area contributed by atoms with E-state index in [0.717, 1.165) is 23.3 Å². The highest BCUT2D eigenvalue weighted by molar-refractivity contribution is 5.75. The first-order valence-electron chi connectivity index (χ1n) is 5.15.